The van der Waals surface area contributed by atoms with Crippen molar-refractivity contribution in [3.05, 3.63) is 65.7 Å². The molecule has 9 heteroatoms. The van der Waals surface area contributed by atoms with Gasteiger partial charge in [0.05, 0.1) is 12.7 Å². The Morgan fingerprint density at radius 2 is 1.53 bits per heavy atom. The van der Waals surface area contributed by atoms with Gasteiger partial charge in [-0.05, 0) is 54.5 Å². The Balaban J connectivity index is 0.00000249. The number of alkyl halides is 3. The van der Waals surface area contributed by atoms with Crippen LogP contribution in [0.25, 0.3) is 0 Å². The molecule has 0 saturated carbocycles. The summed E-state index contributed by atoms with van der Waals surface area (Å²) in [6.07, 6.45) is 1.44. The first-order valence-corrected chi connectivity index (χ1v) is 10.1. The number of carbonyl (C=O) groups is 1. The van der Waals surface area contributed by atoms with Gasteiger partial charge in [-0.25, -0.2) is 4.79 Å². The predicted octanol–water partition coefficient (Wildman–Crippen LogP) is 4.65. The summed E-state index contributed by atoms with van der Waals surface area (Å²) in [7, 11) is 1.27. The Morgan fingerprint density at radius 1 is 1.00 bits per heavy atom. The maximum absolute atomic E-state index is 12.5. The second-order valence-corrected chi connectivity index (χ2v) is 6.49. The van der Waals surface area contributed by atoms with Gasteiger partial charge in [-0.1, -0.05) is 20.8 Å². The van der Waals surface area contributed by atoms with E-state index in [1.165, 1.54) is 19.2 Å². The van der Waals surface area contributed by atoms with E-state index in [1.807, 2.05) is 20.8 Å². The Labute approximate surface area is 185 Å². The molecule has 2 atom stereocenters. The lowest BCUT2D eigenvalue weighted by Gasteiger charge is -2.15. The van der Waals surface area contributed by atoms with E-state index in [0.29, 0.717) is 11.5 Å². The van der Waals surface area contributed by atoms with Crippen LogP contribution in [0, 0.1) is 5.92 Å². The summed E-state index contributed by atoms with van der Waals surface area (Å²) in [5, 5.41) is 10.0. The number of ether oxygens (including phenoxy) is 4. The minimum Gasteiger partial charge on any atom is -0.491 e. The molecule has 0 fully saturated rings. The third-order valence-corrected chi connectivity index (χ3v) is 3.92. The average Bonchev–Trinajstić information content (AvgIpc) is 2.96. The van der Waals surface area contributed by atoms with Crippen LogP contribution in [0.15, 0.2) is 60.1 Å². The van der Waals surface area contributed by atoms with Crippen LogP contribution in [-0.2, 0) is 25.2 Å². The van der Waals surface area contributed by atoms with Crippen LogP contribution >= 0.6 is 0 Å². The zero-order valence-corrected chi connectivity index (χ0v) is 18.5. The number of halogens is 3. The Kier molecular flexibility index (Phi) is 11.4. The first-order valence-electron chi connectivity index (χ1n) is 10.1. The number of carbonyl (C=O) groups excluding carboxylic acids is 1. The molecule has 1 aromatic carbocycles. The van der Waals surface area contributed by atoms with Crippen molar-refractivity contribution < 1.29 is 42.0 Å². The number of rotatable bonds is 9. The van der Waals surface area contributed by atoms with Crippen molar-refractivity contribution in [2.75, 3.05) is 26.9 Å². The molecule has 1 aromatic rings. The van der Waals surface area contributed by atoms with E-state index in [2.05, 4.69) is 4.74 Å². The van der Waals surface area contributed by atoms with E-state index in [9.17, 15) is 23.1 Å². The van der Waals surface area contributed by atoms with Gasteiger partial charge in [0, 0.05) is 0 Å². The number of allylic oxidation sites excluding steroid dienone is 4. The third-order valence-electron chi connectivity index (χ3n) is 3.92. The number of aliphatic hydroxyl groups excluding tert-OH is 1. The number of methoxy groups -OCH3 is 1. The zero-order chi connectivity index (χ0) is 24.1. The number of hydrogen-bond donors (Lipinski definition) is 1. The molecule has 0 bridgehead atoms. The molecule has 1 N–H and O–H groups in total. The normalized spacial score (nSPS) is 16.4. The second kappa shape index (κ2) is 13.5. The SMILES string of the molecule is CC.COC(=O)COC1=CC(C)C=C(OCC(O)COc2ccc(C(F)(F)F)cc2)C=C1. The molecule has 0 aromatic heterocycles. The molecule has 2 unspecified atom stereocenters. The third kappa shape index (κ3) is 9.91. The maximum atomic E-state index is 12.5. The van der Waals surface area contributed by atoms with Gasteiger partial charge >= 0.3 is 12.1 Å². The van der Waals surface area contributed by atoms with E-state index in [0.717, 1.165) is 12.1 Å². The van der Waals surface area contributed by atoms with Crippen molar-refractivity contribution in [3.8, 4) is 5.75 Å². The molecule has 1 aliphatic carbocycles. The molecule has 6 nitrogen and oxygen atoms in total. The first-order chi connectivity index (χ1) is 15.2. The maximum Gasteiger partial charge on any atom is 0.416 e. The molecule has 0 amide bonds. The van der Waals surface area contributed by atoms with Crippen LogP contribution in [-0.4, -0.2) is 44.1 Å². The van der Waals surface area contributed by atoms with E-state index < -0.39 is 23.8 Å². The van der Waals surface area contributed by atoms with E-state index >= 15 is 0 Å². The fraction of sp³-hybridized carbons (Fsp3) is 0.435. The highest BCUT2D eigenvalue weighted by Gasteiger charge is 2.30. The molecule has 32 heavy (non-hydrogen) atoms. The molecule has 0 radical (unpaired) electrons. The van der Waals surface area contributed by atoms with E-state index in [1.54, 1.807) is 24.3 Å². The van der Waals surface area contributed by atoms with Gasteiger partial charge < -0.3 is 24.1 Å². The standard InChI is InChI=1S/C21H23F3O6.C2H6/c1-14-9-18(7-8-19(10-14)30-13-20(26)27-2)29-12-16(25)11-28-17-5-3-15(4-6-17)21(22,23)24;1-2/h3-10,14,16,25H,11-13H2,1-2H3;1-2H3. The minimum atomic E-state index is -4.41. The molecule has 0 spiro atoms. The smallest absolute Gasteiger partial charge is 0.416 e. The lowest BCUT2D eigenvalue weighted by atomic mass is 10.1. The van der Waals surface area contributed by atoms with Gasteiger partial charge in [-0.3, -0.25) is 0 Å². The summed E-state index contributed by atoms with van der Waals surface area (Å²) < 4.78 is 58.4. The number of hydrogen-bond acceptors (Lipinski definition) is 6. The quantitative estimate of drug-likeness (QED) is 0.543. The van der Waals surface area contributed by atoms with Crippen LogP contribution in [0.5, 0.6) is 5.75 Å². The van der Waals surface area contributed by atoms with Gasteiger partial charge in [0.25, 0.3) is 0 Å². The largest absolute Gasteiger partial charge is 0.491 e. The molecular weight excluding hydrogens is 429 g/mol. The molecule has 178 valence electrons. The Bertz CT molecular complexity index is 797. The van der Waals surface area contributed by atoms with Crippen LogP contribution in [0.1, 0.15) is 26.3 Å². The van der Waals surface area contributed by atoms with Crippen molar-refractivity contribution in [2.45, 2.75) is 33.1 Å². The topological polar surface area (TPSA) is 74.2 Å². The van der Waals surface area contributed by atoms with Crippen molar-refractivity contribution in [3.63, 3.8) is 0 Å². The molecule has 0 heterocycles. The van der Waals surface area contributed by atoms with E-state index in [-0.39, 0.29) is 31.5 Å². The van der Waals surface area contributed by atoms with Crippen LogP contribution < -0.4 is 4.74 Å². The van der Waals surface area contributed by atoms with Crippen molar-refractivity contribution in [2.24, 2.45) is 5.92 Å². The molecule has 0 aliphatic heterocycles. The number of aliphatic hydroxyl groups is 1. The monoisotopic (exact) mass is 458 g/mol. The summed E-state index contributed by atoms with van der Waals surface area (Å²) >= 11 is 0. The lowest BCUT2D eigenvalue weighted by Crippen LogP contribution is -2.23. The van der Waals surface area contributed by atoms with Crippen molar-refractivity contribution >= 4 is 5.97 Å². The van der Waals surface area contributed by atoms with Gasteiger partial charge in [-0.15, -0.1) is 0 Å². The minimum absolute atomic E-state index is 0.0526. The summed E-state index contributed by atoms with van der Waals surface area (Å²) in [5.74, 6) is 0.628. The lowest BCUT2D eigenvalue weighted by molar-refractivity contribution is -0.144. The second-order valence-electron chi connectivity index (χ2n) is 6.49. The highest BCUT2D eigenvalue weighted by Crippen LogP contribution is 2.30. The van der Waals surface area contributed by atoms with Gasteiger partial charge in [0.15, 0.2) is 6.61 Å². The van der Waals surface area contributed by atoms with Crippen LogP contribution in [0.2, 0.25) is 0 Å². The van der Waals surface area contributed by atoms with Gasteiger partial charge in [-0.2, -0.15) is 13.2 Å². The van der Waals surface area contributed by atoms with Crippen LogP contribution in [0.4, 0.5) is 13.2 Å². The molecule has 1 aliphatic rings. The number of esters is 1. The zero-order valence-electron chi connectivity index (χ0n) is 18.5. The predicted molar refractivity (Wildman–Crippen MR) is 113 cm³/mol. The fourth-order valence-corrected chi connectivity index (χ4v) is 2.41. The summed E-state index contributed by atoms with van der Waals surface area (Å²) in [6, 6.07) is 4.20. The summed E-state index contributed by atoms with van der Waals surface area (Å²) in [6.45, 7) is 5.45. The summed E-state index contributed by atoms with van der Waals surface area (Å²) in [5.41, 5.74) is -0.775. The van der Waals surface area contributed by atoms with Crippen molar-refractivity contribution in [1.82, 2.24) is 0 Å². The highest BCUT2D eigenvalue weighted by atomic mass is 19.4. The molecular formula is C23H29F3O6. The number of benzene rings is 1. The van der Waals surface area contributed by atoms with Gasteiger partial charge in [0.1, 0.15) is 36.6 Å². The molecule has 2 rings (SSSR count). The Morgan fingerprint density at radius 3 is 2.06 bits per heavy atom. The first kappa shape index (κ1) is 27.1. The van der Waals surface area contributed by atoms with E-state index in [4.69, 9.17) is 14.2 Å². The molecule has 0 saturated heterocycles. The average molecular weight is 458 g/mol. The summed E-state index contributed by atoms with van der Waals surface area (Å²) in [4.78, 5) is 11.2. The van der Waals surface area contributed by atoms with Gasteiger partial charge in [0.2, 0.25) is 0 Å². The fourth-order valence-electron chi connectivity index (χ4n) is 2.41. The van der Waals surface area contributed by atoms with Crippen molar-refractivity contribution in [1.29, 1.82) is 0 Å². The highest BCUT2D eigenvalue weighted by molar-refractivity contribution is 5.70. The van der Waals surface area contributed by atoms with Crippen LogP contribution in [0.3, 0.4) is 0 Å². The Hall–Kier alpha value is -2.94.